The van der Waals surface area contributed by atoms with E-state index in [1.54, 1.807) is 0 Å². The summed E-state index contributed by atoms with van der Waals surface area (Å²) in [5.74, 6) is -0.382. The van der Waals surface area contributed by atoms with Gasteiger partial charge < -0.3 is 43.5 Å². The monoisotopic (exact) mass is 745 g/mol. The summed E-state index contributed by atoms with van der Waals surface area (Å²) >= 11 is 0. The Morgan fingerprint density at radius 2 is 1.33 bits per heavy atom. The van der Waals surface area contributed by atoms with Crippen molar-refractivity contribution in [3.8, 4) is 0 Å². The smallest absolute Gasteiger partial charge is 0.417 e. The van der Waals surface area contributed by atoms with E-state index in [1.807, 2.05) is 35.9 Å². The molecule has 0 saturated carbocycles. The van der Waals surface area contributed by atoms with Crippen molar-refractivity contribution in [1.82, 2.24) is 10.2 Å². The summed E-state index contributed by atoms with van der Waals surface area (Å²) in [6.07, 6.45) is 22.1. The number of hydrogen-bond donors (Lipinski definition) is 1. The van der Waals surface area contributed by atoms with Gasteiger partial charge in [0.05, 0.1) is 12.2 Å². The van der Waals surface area contributed by atoms with Crippen molar-refractivity contribution in [2.75, 3.05) is 19.8 Å². The van der Waals surface area contributed by atoms with E-state index < -0.39 is 12.2 Å². The van der Waals surface area contributed by atoms with Gasteiger partial charge in [0, 0.05) is 32.0 Å². The number of pyridine rings is 1. The maximum atomic E-state index is 12.6. The molecule has 1 fully saturated rings. The van der Waals surface area contributed by atoms with E-state index in [0.29, 0.717) is 13.0 Å². The van der Waals surface area contributed by atoms with Crippen LogP contribution in [-0.4, -0.2) is 55.0 Å². The lowest BCUT2D eigenvalue weighted by atomic mass is 10.0. The van der Waals surface area contributed by atoms with Crippen LogP contribution in [0.15, 0.2) is 24.4 Å². The number of carbonyl (C=O) groups excluding carboxylic acids is 3. The lowest BCUT2D eigenvalue weighted by Crippen LogP contribution is -3.00. The molecular weight excluding hydrogens is 685 g/mol. The highest BCUT2D eigenvalue weighted by atomic mass is 127. The lowest BCUT2D eigenvalue weighted by Gasteiger charge is -2.35. The van der Waals surface area contributed by atoms with Crippen molar-refractivity contribution in [2.45, 2.75) is 155 Å². The quantitative estimate of drug-likeness (QED) is 0.0943. The highest BCUT2D eigenvalue weighted by Gasteiger charge is 2.33. The topological polar surface area (TPSA) is 98.0 Å². The van der Waals surface area contributed by atoms with Gasteiger partial charge in [-0.3, -0.25) is 4.79 Å². The maximum absolute atomic E-state index is 12.6. The largest absolute Gasteiger partial charge is 1.00 e. The second-order valence-corrected chi connectivity index (χ2v) is 12.1. The molecule has 2 heterocycles. The number of imide groups is 1. The highest BCUT2D eigenvalue weighted by molar-refractivity contribution is 5.90. The molecule has 0 spiro atoms. The summed E-state index contributed by atoms with van der Waals surface area (Å²) in [4.78, 5) is 37.7. The zero-order chi connectivity index (χ0) is 31.8. The summed E-state index contributed by atoms with van der Waals surface area (Å²) in [6.45, 7) is 7.32. The van der Waals surface area contributed by atoms with Crippen LogP contribution in [0.5, 0.6) is 0 Å². The molecule has 1 aromatic rings. The molecular formula is C35H60IN3O6. The first-order valence-corrected chi connectivity index (χ1v) is 17.4. The van der Waals surface area contributed by atoms with Gasteiger partial charge in [0.15, 0.2) is 6.20 Å². The molecule has 3 amide bonds. The molecule has 0 radical (unpaired) electrons. The zero-order valence-electron chi connectivity index (χ0n) is 28.2. The molecule has 1 aliphatic rings. The number of alkyl carbamates (subject to hydrolysis) is 1. The maximum Gasteiger partial charge on any atom is 0.417 e. The first kappa shape index (κ1) is 41.1. The van der Waals surface area contributed by atoms with Gasteiger partial charge in [0.2, 0.25) is 11.6 Å². The SMILES string of the molecule is CCCCCCCCCCCCCCCCCCNC(=O)OC[C@@H]1C[C@@H](COC(=O)N(Cc2cccc[n+]2CC)C(C)=O)O1.[I-]. The summed E-state index contributed by atoms with van der Waals surface area (Å²) in [5.41, 5.74) is 0.840. The van der Waals surface area contributed by atoms with Crippen molar-refractivity contribution >= 4 is 18.1 Å². The first-order chi connectivity index (χ1) is 21.4. The number of nitrogens with zero attached hydrogens (tertiary/aromatic N) is 2. The van der Waals surface area contributed by atoms with Gasteiger partial charge in [-0.15, -0.1) is 0 Å². The third-order valence-electron chi connectivity index (χ3n) is 8.30. The van der Waals surface area contributed by atoms with E-state index in [2.05, 4.69) is 12.2 Å². The number of carbonyl (C=O) groups is 3. The molecule has 0 aliphatic carbocycles. The summed E-state index contributed by atoms with van der Waals surface area (Å²) in [5, 5.41) is 2.81. The molecule has 1 aromatic heterocycles. The van der Waals surface area contributed by atoms with E-state index in [9.17, 15) is 14.4 Å². The molecule has 1 saturated heterocycles. The van der Waals surface area contributed by atoms with E-state index in [0.717, 1.165) is 30.0 Å². The average molecular weight is 746 g/mol. The standard InChI is InChI=1S/C35H59N3O6.HI/c1-4-6-7-8-9-10-11-12-13-14-15-16-17-18-19-21-24-36-34(40)42-28-32-26-33(44-32)29-43-35(41)38(30(3)39)27-31-23-20-22-25-37(31)5-2;/h20,22-23,25,32-33H,4-19,21,24,26-29H2,1-3H3;1H/t32-,33-;/m0./s1. The number of rotatable bonds is 24. The Kier molecular flexibility index (Phi) is 23.9. The van der Waals surface area contributed by atoms with Crippen molar-refractivity contribution in [2.24, 2.45) is 0 Å². The molecule has 45 heavy (non-hydrogen) atoms. The molecule has 0 unspecified atom stereocenters. The van der Waals surface area contributed by atoms with Gasteiger partial charge in [0.25, 0.3) is 0 Å². The van der Waals surface area contributed by atoms with Crippen LogP contribution >= 0.6 is 0 Å². The fourth-order valence-electron chi connectivity index (χ4n) is 5.52. The first-order valence-electron chi connectivity index (χ1n) is 17.4. The van der Waals surface area contributed by atoms with Gasteiger partial charge in [-0.05, 0) is 13.3 Å². The average Bonchev–Trinajstić information content (AvgIpc) is 3.00. The van der Waals surface area contributed by atoms with Crippen LogP contribution in [-0.2, 0) is 32.1 Å². The Balaban J connectivity index is 0.0000101. The van der Waals surface area contributed by atoms with Gasteiger partial charge >= 0.3 is 12.2 Å². The predicted molar refractivity (Wildman–Crippen MR) is 172 cm³/mol. The van der Waals surface area contributed by atoms with Crippen LogP contribution in [0.2, 0.25) is 0 Å². The minimum atomic E-state index is -0.694. The molecule has 258 valence electrons. The second-order valence-electron chi connectivity index (χ2n) is 12.1. The Labute approximate surface area is 289 Å². The number of ether oxygens (including phenoxy) is 3. The molecule has 9 nitrogen and oxygen atoms in total. The van der Waals surface area contributed by atoms with Crippen LogP contribution in [0.1, 0.15) is 136 Å². The summed E-state index contributed by atoms with van der Waals surface area (Å²) in [6, 6.07) is 5.66. The van der Waals surface area contributed by atoms with Gasteiger partial charge in [-0.25, -0.2) is 19.1 Å². The molecule has 2 atom stereocenters. The molecule has 0 aromatic carbocycles. The van der Waals surface area contributed by atoms with E-state index in [1.165, 1.54) is 96.8 Å². The molecule has 0 bridgehead atoms. The number of aromatic nitrogens is 1. The number of hydrogen-bond acceptors (Lipinski definition) is 6. The van der Waals surface area contributed by atoms with E-state index in [4.69, 9.17) is 14.2 Å². The molecule has 10 heteroatoms. The zero-order valence-corrected chi connectivity index (χ0v) is 30.4. The number of nitrogens with one attached hydrogen (secondary N) is 1. The number of unbranched alkanes of at least 4 members (excludes halogenated alkanes) is 15. The van der Waals surface area contributed by atoms with Crippen molar-refractivity contribution in [1.29, 1.82) is 0 Å². The minimum absolute atomic E-state index is 0. The fourth-order valence-corrected chi connectivity index (χ4v) is 5.52. The highest BCUT2D eigenvalue weighted by Crippen LogP contribution is 2.21. The lowest BCUT2D eigenvalue weighted by molar-refractivity contribution is -0.701. The Bertz CT molecular complexity index is 944. The van der Waals surface area contributed by atoms with Gasteiger partial charge in [-0.1, -0.05) is 109 Å². The number of aryl methyl sites for hydroxylation is 1. The fraction of sp³-hybridized carbons (Fsp3) is 0.771. The Morgan fingerprint density at radius 1 is 0.822 bits per heavy atom. The van der Waals surface area contributed by atoms with E-state index in [-0.39, 0.29) is 61.9 Å². The third-order valence-corrected chi connectivity index (χ3v) is 8.30. The van der Waals surface area contributed by atoms with Crippen LogP contribution in [0.3, 0.4) is 0 Å². The number of amides is 3. The predicted octanol–water partition coefficient (Wildman–Crippen LogP) is 4.63. The second kappa shape index (κ2) is 26.2. The molecule has 1 N–H and O–H groups in total. The molecule has 1 aliphatic heterocycles. The van der Waals surface area contributed by atoms with Crippen LogP contribution in [0.4, 0.5) is 9.59 Å². The summed E-state index contributed by atoms with van der Waals surface area (Å²) in [7, 11) is 0. The number of halogens is 1. The van der Waals surface area contributed by atoms with Crippen LogP contribution < -0.4 is 33.9 Å². The Morgan fingerprint density at radius 3 is 1.84 bits per heavy atom. The summed E-state index contributed by atoms with van der Waals surface area (Å²) < 4.78 is 18.3. The van der Waals surface area contributed by atoms with Crippen molar-refractivity contribution in [3.05, 3.63) is 30.1 Å². The van der Waals surface area contributed by atoms with Crippen molar-refractivity contribution < 1.29 is 57.1 Å². The normalized spacial score (nSPS) is 15.4. The van der Waals surface area contributed by atoms with Crippen LogP contribution in [0, 0.1) is 0 Å². The van der Waals surface area contributed by atoms with Gasteiger partial charge in [0.1, 0.15) is 26.3 Å². The minimum Gasteiger partial charge on any atom is -1.00 e. The van der Waals surface area contributed by atoms with Crippen molar-refractivity contribution in [3.63, 3.8) is 0 Å². The van der Waals surface area contributed by atoms with E-state index >= 15 is 0 Å². The Hall–Kier alpha value is -1.95. The molecule has 2 rings (SSSR count). The third kappa shape index (κ3) is 18.7. The van der Waals surface area contributed by atoms with Gasteiger partial charge in [-0.2, -0.15) is 0 Å². The van der Waals surface area contributed by atoms with Crippen LogP contribution in [0.25, 0.3) is 0 Å².